The second-order valence-electron chi connectivity index (χ2n) is 5.17. The predicted molar refractivity (Wildman–Crippen MR) is 86.5 cm³/mol. The van der Waals surface area contributed by atoms with Crippen LogP contribution in [0.5, 0.6) is 0 Å². The van der Waals surface area contributed by atoms with Crippen molar-refractivity contribution in [1.29, 1.82) is 0 Å². The van der Waals surface area contributed by atoms with Crippen LogP contribution in [0.3, 0.4) is 0 Å². The summed E-state index contributed by atoms with van der Waals surface area (Å²) in [7, 11) is 0. The summed E-state index contributed by atoms with van der Waals surface area (Å²) >= 11 is 6.30. The average Bonchev–Trinajstić information content (AvgIpc) is 2.59. The van der Waals surface area contributed by atoms with Crippen molar-refractivity contribution in [1.82, 2.24) is 0 Å². The molecule has 3 rings (SSSR count). The number of aryl methyl sites for hydroxylation is 2. The summed E-state index contributed by atoms with van der Waals surface area (Å²) in [5.74, 6) is -0.110. The van der Waals surface area contributed by atoms with E-state index in [9.17, 15) is 4.79 Å². The van der Waals surface area contributed by atoms with Gasteiger partial charge in [-0.15, -0.1) is 0 Å². The Kier molecular flexibility index (Phi) is 3.52. The zero-order valence-electron chi connectivity index (χ0n) is 11.9. The van der Waals surface area contributed by atoms with E-state index in [-0.39, 0.29) is 12.5 Å². The summed E-state index contributed by atoms with van der Waals surface area (Å²) in [6.07, 6.45) is 0. The topological polar surface area (TPSA) is 41.5 Å². The molecule has 0 aliphatic carbocycles. The second kappa shape index (κ2) is 5.34. The lowest BCUT2D eigenvalue weighted by Gasteiger charge is -2.13. The highest BCUT2D eigenvalue weighted by molar-refractivity contribution is 6.36. The van der Waals surface area contributed by atoms with Gasteiger partial charge in [0, 0.05) is 16.1 Å². The van der Waals surface area contributed by atoms with Crippen molar-refractivity contribution in [2.24, 2.45) is 4.99 Å². The van der Waals surface area contributed by atoms with Crippen LogP contribution >= 0.6 is 11.6 Å². The lowest BCUT2D eigenvalue weighted by Crippen LogP contribution is -2.13. The number of aliphatic imine (C=N–C) groups is 1. The summed E-state index contributed by atoms with van der Waals surface area (Å²) in [6, 6.07) is 11.6. The van der Waals surface area contributed by atoms with Gasteiger partial charge < -0.3 is 5.32 Å². The number of anilines is 1. The fourth-order valence-electron chi connectivity index (χ4n) is 2.42. The van der Waals surface area contributed by atoms with Crippen molar-refractivity contribution in [3.05, 3.63) is 63.7 Å². The zero-order valence-corrected chi connectivity index (χ0v) is 12.7. The van der Waals surface area contributed by atoms with Gasteiger partial charge in [0.2, 0.25) is 5.91 Å². The van der Waals surface area contributed by atoms with Gasteiger partial charge in [0.1, 0.15) is 6.54 Å². The summed E-state index contributed by atoms with van der Waals surface area (Å²) in [4.78, 5) is 16.3. The Labute approximate surface area is 128 Å². The van der Waals surface area contributed by atoms with Crippen molar-refractivity contribution in [3.63, 3.8) is 0 Å². The van der Waals surface area contributed by atoms with Gasteiger partial charge in [0.25, 0.3) is 0 Å². The number of nitrogens with one attached hydrogen (secondary N) is 1. The standard InChI is InChI=1S/C17H15ClN2O/c1-10-7-13-15(8-11(10)2)20-16(21)9-19-17(13)12-5-3-4-6-14(12)18/h3-8H,9H2,1-2H3,(H,20,21). The molecule has 1 amide bonds. The number of hydrogen-bond donors (Lipinski definition) is 1. The Morgan fingerprint density at radius 2 is 1.81 bits per heavy atom. The van der Waals surface area contributed by atoms with E-state index in [1.807, 2.05) is 44.2 Å². The number of amides is 1. The highest BCUT2D eigenvalue weighted by atomic mass is 35.5. The van der Waals surface area contributed by atoms with Crippen molar-refractivity contribution in [3.8, 4) is 0 Å². The number of benzene rings is 2. The van der Waals surface area contributed by atoms with E-state index in [1.165, 1.54) is 0 Å². The minimum Gasteiger partial charge on any atom is -0.324 e. The Morgan fingerprint density at radius 1 is 1.10 bits per heavy atom. The monoisotopic (exact) mass is 298 g/mol. The molecule has 0 saturated heterocycles. The average molecular weight is 299 g/mol. The van der Waals surface area contributed by atoms with E-state index < -0.39 is 0 Å². The highest BCUT2D eigenvalue weighted by Gasteiger charge is 2.20. The number of nitrogens with zero attached hydrogens (tertiary/aromatic N) is 1. The van der Waals surface area contributed by atoms with Gasteiger partial charge in [-0.2, -0.15) is 0 Å². The van der Waals surface area contributed by atoms with E-state index in [0.717, 1.165) is 33.7 Å². The van der Waals surface area contributed by atoms with Crippen LogP contribution in [0, 0.1) is 13.8 Å². The largest absolute Gasteiger partial charge is 0.324 e. The van der Waals surface area contributed by atoms with Gasteiger partial charge in [-0.25, -0.2) is 0 Å². The number of carbonyl (C=O) groups is 1. The predicted octanol–water partition coefficient (Wildman–Crippen LogP) is 3.75. The van der Waals surface area contributed by atoms with Crippen LogP contribution in [0.15, 0.2) is 41.4 Å². The maximum atomic E-state index is 11.9. The van der Waals surface area contributed by atoms with Crippen LogP contribution in [0.25, 0.3) is 0 Å². The third-order valence-corrected chi connectivity index (χ3v) is 4.00. The van der Waals surface area contributed by atoms with Gasteiger partial charge in [0.15, 0.2) is 0 Å². The van der Waals surface area contributed by atoms with E-state index >= 15 is 0 Å². The van der Waals surface area contributed by atoms with Crippen LogP contribution in [-0.2, 0) is 4.79 Å². The maximum absolute atomic E-state index is 11.9. The van der Waals surface area contributed by atoms with E-state index in [2.05, 4.69) is 16.4 Å². The summed E-state index contributed by atoms with van der Waals surface area (Å²) in [5, 5.41) is 3.55. The molecule has 2 aromatic carbocycles. The first-order valence-electron chi connectivity index (χ1n) is 6.77. The van der Waals surface area contributed by atoms with Crippen LogP contribution in [-0.4, -0.2) is 18.2 Å². The van der Waals surface area contributed by atoms with Gasteiger partial charge in [-0.1, -0.05) is 29.8 Å². The lowest BCUT2D eigenvalue weighted by atomic mass is 9.96. The van der Waals surface area contributed by atoms with Crippen molar-refractivity contribution in [2.75, 3.05) is 11.9 Å². The Hall–Kier alpha value is -2.13. The summed E-state index contributed by atoms with van der Waals surface area (Å²) in [6.45, 7) is 4.18. The number of carbonyl (C=O) groups excluding carboxylic acids is 1. The molecule has 0 saturated carbocycles. The molecular weight excluding hydrogens is 284 g/mol. The van der Waals surface area contributed by atoms with Gasteiger partial charge in [-0.05, 0) is 43.2 Å². The molecule has 0 fully saturated rings. The number of halogens is 1. The van der Waals surface area contributed by atoms with Crippen LogP contribution in [0.1, 0.15) is 22.3 Å². The minimum absolute atomic E-state index is 0.104. The van der Waals surface area contributed by atoms with E-state index in [4.69, 9.17) is 11.6 Å². The molecule has 0 spiro atoms. The number of benzodiazepines with no additional fused rings is 1. The van der Waals surface area contributed by atoms with Crippen LogP contribution < -0.4 is 5.32 Å². The fraction of sp³-hybridized carbons (Fsp3) is 0.176. The molecule has 1 N–H and O–H groups in total. The summed E-state index contributed by atoms with van der Waals surface area (Å²) < 4.78 is 0. The number of hydrogen-bond acceptors (Lipinski definition) is 2. The molecule has 0 atom stereocenters. The highest BCUT2D eigenvalue weighted by Crippen LogP contribution is 2.28. The van der Waals surface area contributed by atoms with Gasteiger partial charge >= 0.3 is 0 Å². The maximum Gasteiger partial charge on any atom is 0.246 e. The van der Waals surface area contributed by atoms with Crippen molar-refractivity contribution >= 4 is 28.9 Å². The third kappa shape index (κ3) is 2.57. The molecule has 0 aromatic heterocycles. The second-order valence-corrected chi connectivity index (χ2v) is 5.58. The molecule has 4 heteroatoms. The Bertz CT molecular complexity index is 765. The molecule has 1 aliphatic rings. The van der Waals surface area contributed by atoms with Gasteiger partial charge in [-0.3, -0.25) is 9.79 Å². The number of fused-ring (bicyclic) bond motifs is 1. The molecule has 3 nitrogen and oxygen atoms in total. The van der Waals surface area contributed by atoms with Gasteiger partial charge in [0.05, 0.1) is 11.4 Å². The SMILES string of the molecule is Cc1cc2c(cc1C)C(c1ccccc1Cl)=NCC(=O)N2. The molecule has 1 heterocycles. The first-order valence-corrected chi connectivity index (χ1v) is 7.15. The summed E-state index contributed by atoms with van der Waals surface area (Å²) in [5.41, 5.74) is 5.60. The molecule has 0 bridgehead atoms. The van der Waals surface area contributed by atoms with Crippen molar-refractivity contribution < 1.29 is 4.79 Å². The van der Waals surface area contributed by atoms with E-state index in [1.54, 1.807) is 0 Å². The van der Waals surface area contributed by atoms with Crippen molar-refractivity contribution in [2.45, 2.75) is 13.8 Å². The van der Waals surface area contributed by atoms with E-state index in [0.29, 0.717) is 5.02 Å². The third-order valence-electron chi connectivity index (χ3n) is 3.67. The minimum atomic E-state index is -0.110. The van der Waals surface area contributed by atoms with Crippen LogP contribution in [0.2, 0.25) is 5.02 Å². The fourth-order valence-corrected chi connectivity index (χ4v) is 2.65. The number of rotatable bonds is 1. The molecule has 0 unspecified atom stereocenters. The molecule has 106 valence electrons. The molecular formula is C17H15ClN2O. The Morgan fingerprint density at radius 3 is 2.57 bits per heavy atom. The normalized spacial score (nSPS) is 14.0. The van der Waals surface area contributed by atoms with Crippen LogP contribution in [0.4, 0.5) is 5.69 Å². The first-order chi connectivity index (χ1) is 10.1. The Balaban J connectivity index is 2.25. The first kappa shape index (κ1) is 13.8. The molecule has 2 aromatic rings. The smallest absolute Gasteiger partial charge is 0.246 e. The quantitative estimate of drug-likeness (QED) is 0.856. The zero-order chi connectivity index (χ0) is 15.0. The molecule has 21 heavy (non-hydrogen) atoms. The lowest BCUT2D eigenvalue weighted by molar-refractivity contribution is -0.114. The molecule has 0 radical (unpaired) electrons. The molecule has 1 aliphatic heterocycles.